The summed E-state index contributed by atoms with van der Waals surface area (Å²) in [7, 11) is 0. The molecule has 6 nitrogen and oxygen atoms in total. The van der Waals surface area contributed by atoms with Crippen LogP contribution in [0.5, 0.6) is 0 Å². The van der Waals surface area contributed by atoms with Crippen molar-refractivity contribution in [2.75, 3.05) is 6.61 Å². The van der Waals surface area contributed by atoms with Crippen molar-refractivity contribution in [1.82, 2.24) is 9.97 Å². The van der Waals surface area contributed by atoms with Crippen LogP contribution in [0, 0.1) is 10.1 Å². The predicted molar refractivity (Wildman–Crippen MR) is 120 cm³/mol. The molecule has 0 aliphatic heterocycles. The molecule has 1 aromatic heterocycles. The monoisotopic (exact) mass is 465 g/mol. The van der Waals surface area contributed by atoms with Gasteiger partial charge in [-0.05, 0) is 24.1 Å². The fraction of sp³-hybridized carbons (Fsp3) is 0.286. The first-order chi connectivity index (χ1) is 14.3. The Bertz CT molecular complexity index is 1000. The molecule has 4 rings (SSSR count). The van der Waals surface area contributed by atoms with Gasteiger partial charge in [-0.25, -0.2) is 4.98 Å². The highest BCUT2D eigenvalue weighted by molar-refractivity contribution is 7.99. The van der Waals surface area contributed by atoms with Crippen LogP contribution in [0.15, 0.2) is 63.6 Å². The average Bonchev–Trinajstić information content (AvgIpc) is 3.36. The van der Waals surface area contributed by atoms with Crippen molar-refractivity contribution in [3.05, 3.63) is 85.3 Å². The van der Waals surface area contributed by atoms with E-state index in [2.05, 4.69) is 23.8 Å². The highest BCUT2D eigenvalue weighted by atomic mass is 35.5. The molecular weight excluding hydrogens is 445 g/mol. The van der Waals surface area contributed by atoms with Crippen LogP contribution in [-0.4, -0.2) is 32.6 Å². The van der Waals surface area contributed by atoms with Gasteiger partial charge < -0.3 is 10.1 Å². The predicted octanol–water partition coefficient (Wildman–Crippen LogP) is 5.59. The summed E-state index contributed by atoms with van der Waals surface area (Å²) in [6.45, 7) is 4.29. The summed E-state index contributed by atoms with van der Waals surface area (Å²) in [5.74, 6) is 1.12. The number of benzene rings is 1. The Kier molecular flexibility index (Phi) is 7.41. The van der Waals surface area contributed by atoms with Crippen molar-refractivity contribution in [3.8, 4) is 0 Å². The standard InChI is InChI=1S/C14H16Cl2N2OS.C7H5NO2/c1-8(2)13-14(18-12(17-13)3-4-19)20-11-6-9(15)5-10(16)7-11;9-8(10)7-5-1-2-6(7)4-3-5/h5-8,19H,3-4H2,1-2H3,(H,17,18);1-4,7H. The van der Waals surface area contributed by atoms with Gasteiger partial charge in [-0.15, -0.1) is 0 Å². The molecule has 2 N–H and O–H groups in total. The topological polar surface area (TPSA) is 92.0 Å². The molecule has 30 heavy (non-hydrogen) atoms. The van der Waals surface area contributed by atoms with Gasteiger partial charge in [0.15, 0.2) is 0 Å². The molecule has 1 aromatic carbocycles. The molecule has 1 heterocycles. The first-order valence-corrected chi connectivity index (χ1v) is 10.9. The third-order valence-electron chi connectivity index (χ3n) is 4.50. The normalized spacial score (nSPS) is 14.6. The highest BCUT2D eigenvalue weighted by Crippen LogP contribution is 2.35. The second-order valence-corrected chi connectivity index (χ2v) is 9.03. The number of hydrogen-bond acceptors (Lipinski definition) is 5. The number of fused-ring (bicyclic) bond motifs is 2. The third-order valence-corrected chi connectivity index (χ3v) is 5.91. The lowest BCUT2D eigenvalue weighted by Gasteiger charge is -2.06. The van der Waals surface area contributed by atoms with Crippen LogP contribution in [0.3, 0.4) is 0 Å². The first kappa shape index (κ1) is 22.6. The number of allylic oxidation sites excluding steroid dienone is 2. The number of aliphatic hydroxyl groups excluding tert-OH is 1. The molecule has 0 spiro atoms. The van der Waals surface area contributed by atoms with E-state index < -0.39 is 6.04 Å². The second kappa shape index (κ2) is 9.83. The average molecular weight is 466 g/mol. The van der Waals surface area contributed by atoms with E-state index in [-0.39, 0.29) is 11.5 Å². The fourth-order valence-electron chi connectivity index (χ4n) is 3.11. The summed E-state index contributed by atoms with van der Waals surface area (Å²) in [5.41, 5.74) is 2.68. The number of halogens is 2. The number of rotatable bonds is 6. The van der Waals surface area contributed by atoms with E-state index in [0.29, 0.717) is 22.4 Å². The van der Waals surface area contributed by atoms with Crippen molar-refractivity contribution in [2.45, 2.75) is 42.1 Å². The largest absolute Gasteiger partial charge is 0.396 e. The molecule has 2 aliphatic carbocycles. The Morgan fingerprint density at radius 3 is 2.23 bits per heavy atom. The maximum atomic E-state index is 10.3. The number of aromatic amines is 1. The van der Waals surface area contributed by atoms with Gasteiger partial charge in [0.1, 0.15) is 10.9 Å². The molecule has 0 amide bonds. The Morgan fingerprint density at radius 1 is 1.20 bits per heavy atom. The molecular formula is C21H21Cl2N3O3S. The molecule has 0 saturated carbocycles. The van der Waals surface area contributed by atoms with Crippen LogP contribution in [0.25, 0.3) is 0 Å². The summed E-state index contributed by atoms with van der Waals surface area (Å²) in [5, 5.41) is 21.5. The Hall–Kier alpha value is -2.06. The van der Waals surface area contributed by atoms with E-state index in [1.54, 1.807) is 30.4 Å². The third kappa shape index (κ3) is 5.35. The number of nitrogens with zero attached hydrogens (tertiary/aromatic N) is 2. The van der Waals surface area contributed by atoms with E-state index in [0.717, 1.165) is 32.6 Å². The van der Waals surface area contributed by atoms with E-state index in [9.17, 15) is 10.1 Å². The molecule has 2 aliphatic rings. The van der Waals surface area contributed by atoms with E-state index in [1.807, 2.05) is 12.1 Å². The molecule has 0 atom stereocenters. The highest BCUT2D eigenvalue weighted by Gasteiger charge is 2.34. The SMILES string of the molecule is CC(C)c1[nH]c(CCO)nc1Sc1cc(Cl)cc(Cl)c1.O=[N+]([O-])C1C2=CC=C1C=C2. The zero-order chi connectivity index (χ0) is 21.8. The van der Waals surface area contributed by atoms with Crippen molar-refractivity contribution in [2.24, 2.45) is 0 Å². The number of H-pyrrole nitrogens is 1. The number of nitro groups is 1. The number of aliphatic hydroxyl groups is 1. The van der Waals surface area contributed by atoms with E-state index >= 15 is 0 Å². The van der Waals surface area contributed by atoms with Crippen LogP contribution < -0.4 is 0 Å². The zero-order valence-corrected chi connectivity index (χ0v) is 18.8. The molecule has 0 fully saturated rings. The number of hydrogen-bond donors (Lipinski definition) is 2. The Balaban J connectivity index is 0.000000212. The van der Waals surface area contributed by atoms with Gasteiger partial charge in [0, 0.05) is 37.4 Å². The summed E-state index contributed by atoms with van der Waals surface area (Å²) in [6.07, 6.45) is 7.70. The molecule has 9 heteroatoms. The van der Waals surface area contributed by atoms with Crippen LogP contribution in [-0.2, 0) is 6.42 Å². The molecule has 2 bridgehead atoms. The van der Waals surface area contributed by atoms with Crippen molar-refractivity contribution in [3.63, 3.8) is 0 Å². The zero-order valence-electron chi connectivity index (χ0n) is 16.4. The summed E-state index contributed by atoms with van der Waals surface area (Å²) >= 11 is 13.6. The van der Waals surface area contributed by atoms with Gasteiger partial charge in [0.2, 0.25) is 0 Å². The minimum Gasteiger partial charge on any atom is -0.396 e. The lowest BCUT2D eigenvalue weighted by molar-refractivity contribution is -0.499. The molecule has 0 unspecified atom stereocenters. The minimum absolute atomic E-state index is 0.0815. The Morgan fingerprint density at radius 2 is 1.80 bits per heavy atom. The van der Waals surface area contributed by atoms with Crippen LogP contribution in [0.2, 0.25) is 10.0 Å². The molecule has 0 saturated heterocycles. The summed E-state index contributed by atoms with van der Waals surface area (Å²) < 4.78 is 0. The Labute approximate surface area is 188 Å². The van der Waals surface area contributed by atoms with Crippen LogP contribution >= 0.6 is 35.0 Å². The maximum absolute atomic E-state index is 10.3. The van der Waals surface area contributed by atoms with E-state index in [1.165, 1.54) is 11.8 Å². The molecule has 2 aromatic rings. The number of nitrogens with one attached hydrogen (secondary N) is 1. The lowest BCUT2D eigenvalue weighted by atomic mass is 10.2. The smallest absolute Gasteiger partial charge is 0.263 e. The number of aromatic nitrogens is 2. The maximum Gasteiger partial charge on any atom is 0.263 e. The van der Waals surface area contributed by atoms with Gasteiger partial charge in [-0.3, -0.25) is 10.1 Å². The summed E-state index contributed by atoms with van der Waals surface area (Å²) in [6, 6.07) is 4.88. The molecule has 158 valence electrons. The van der Waals surface area contributed by atoms with Gasteiger partial charge in [0.25, 0.3) is 6.04 Å². The second-order valence-electron chi connectivity index (χ2n) is 7.09. The number of imidazole rings is 1. The summed E-state index contributed by atoms with van der Waals surface area (Å²) in [4.78, 5) is 18.8. The van der Waals surface area contributed by atoms with Crippen LogP contribution in [0.4, 0.5) is 0 Å². The van der Waals surface area contributed by atoms with Crippen molar-refractivity contribution < 1.29 is 10.0 Å². The minimum atomic E-state index is -0.556. The fourth-order valence-corrected chi connectivity index (χ4v) is 4.91. The van der Waals surface area contributed by atoms with Gasteiger partial charge in [-0.1, -0.05) is 73.1 Å². The first-order valence-electron chi connectivity index (χ1n) is 9.35. The van der Waals surface area contributed by atoms with Crippen molar-refractivity contribution >= 4 is 35.0 Å². The van der Waals surface area contributed by atoms with Gasteiger partial charge in [-0.2, -0.15) is 0 Å². The van der Waals surface area contributed by atoms with Gasteiger partial charge >= 0.3 is 0 Å². The van der Waals surface area contributed by atoms with Crippen LogP contribution in [0.1, 0.15) is 31.3 Å². The van der Waals surface area contributed by atoms with Crippen molar-refractivity contribution in [1.29, 1.82) is 0 Å². The molecule has 0 radical (unpaired) electrons. The quantitative estimate of drug-likeness (QED) is 0.428. The van der Waals surface area contributed by atoms with Gasteiger partial charge in [0.05, 0.1) is 12.3 Å². The van der Waals surface area contributed by atoms with E-state index in [4.69, 9.17) is 28.3 Å². The lowest BCUT2D eigenvalue weighted by Crippen LogP contribution is -2.16.